The van der Waals surface area contributed by atoms with Crippen LogP contribution in [-0.2, 0) is 25.2 Å². The molecule has 1 saturated carbocycles. The molecule has 0 aromatic carbocycles. The van der Waals surface area contributed by atoms with E-state index < -0.39 is 57.0 Å². The minimum absolute atomic E-state index is 0.0131. The number of aromatic amines is 1. The smallest absolute Gasteiger partial charge is 0.359 e. The molecule has 1 saturated heterocycles. The van der Waals surface area contributed by atoms with E-state index in [0.717, 1.165) is 25.7 Å². The van der Waals surface area contributed by atoms with Gasteiger partial charge in [-0.15, -0.1) is 15.3 Å². The third kappa shape index (κ3) is 5.66. The van der Waals surface area contributed by atoms with Gasteiger partial charge in [-0.1, -0.05) is 18.1 Å². The number of H-pyrrole nitrogens is 1. The van der Waals surface area contributed by atoms with Crippen molar-refractivity contribution >= 4 is 30.5 Å². The first-order valence-corrected chi connectivity index (χ1v) is 14.3. The zero-order valence-electron chi connectivity index (χ0n) is 20.9. The summed E-state index contributed by atoms with van der Waals surface area (Å²) >= 11 is 6.21. The molecule has 5 atom stereocenters. The monoisotopic (exact) mass is 588 g/mol. The molecule has 3 aromatic heterocycles. The van der Waals surface area contributed by atoms with E-state index >= 15 is 0 Å². The van der Waals surface area contributed by atoms with Crippen molar-refractivity contribution in [2.75, 3.05) is 25.6 Å². The van der Waals surface area contributed by atoms with Gasteiger partial charge in [0.05, 0.1) is 25.3 Å². The molecule has 0 spiro atoms. The van der Waals surface area contributed by atoms with Gasteiger partial charge in [0.2, 0.25) is 5.28 Å². The van der Waals surface area contributed by atoms with Gasteiger partial charge >= 0.3 is 7.60 Å². The molecule has 1 aliphatic heterocycles. The predicted octanol–water partition coefficient (Wildman–Crippen LogP) is 0.192. The summed E-state index contributed by atoms with van der Waals surface area (Å²) in [6, 6.07) is 3.71. The van der Waals surface area contributed by atoms with Crippen LogP contribution in [0.4, 0.5) is 5.82 Å². The van der Waals surface area contributed by atoms with Crippen LogP contribution in [0.5, 0.6) is 0 Å². The molecule has 4 heterocycles. The van der Waals surface area contributed by atoms with Crippen molar-refractivity contribution in [1.29, 1.82) is 0 Å². The van der Waals surface area contributed by atoms with Crippen LogP contribution in [0.1, 0.15) is 43.3 Å². The maximum atomic E-state index is 12.5. The summed E-state index contributed by atoms with van der Waals surface area (Å²) in [7, 11) is -3.73. The number of tetrazole rings is 1. The van der Waals surface area contributed by atoms with Crippen LogP contribution in [0.15, 0.2) is 12.1 Å². The summed E-state index contributed by atoms with van der Waals surface area (Å²) in [5, 5.41) is 40.2. The van der Waals surface area contributed by atoms with Crippen molar-refractivity contribution in [2.45, 2.75) is 67.9 Å². The number of anilines is 1. The normalized spacial score (nSPS) is 25.9. The number of ether oxygens (including phenoxy) is 3. The lowest BCUT2D eigenvalue weighted by atomic mass is 10.1. The molecular weight excluding hydrogens is 559 g/mol. The Morgan fingerprint density at radius 2 is 2.05 bits per heavy atom. The Morgan fingerprint density at radius 1 is 1.28 bits per heavy atom. The molecular formula is C21H30ClN8O8P. The number of nitrogens with zero attached hydrogens (tertiary/aromatic N) is 6. The highest BCUT2D eigenvalue weighted by Gasteiger charge is 2.52. The molecule has 2 aliphatic rings. The number of nitrogens with one attached hydrogen (secondary N) is 2. The quantitative estimate of drug-likeness (QED) is 0.165. The molecule has 2 fully saturated rings. The van der Waals surface area contributed by atoms with Crippen molar-refractivity contribution in [3.8, 4) is 0 Å². The zero-order valence-corrected chi connectivity index (χ0v) is 22.6. The van der Waals surface area contributed by atoms with Crippen LogP contribution in [0, 0.1) is 0 Å². The van der Waals surface area contributed by atoms with Gasteiger partial charge in [0.25, 0.3) is 0 Å². The Balaban J connectivity index is 1.37. The summed E-state index contributed by atoms with van der Waals surface area (Å²) in [5.41, 5.74) is 1.02. The van der Waals surface area contributed by atoms with E-state index in [1.807, 2.05) is 0 Å². The number of aromatic nitrogens is 7. The van der Waals surface area contributed by atoms with Crippen LogP contribution in [0.25, 0.3) is 5.52 Å². The van der Waals surface area contributed by atoms with Gasteiger partial charge in [-0.05, 0) is 36.6 Å². The number of aliphatic hydroxyl groups is 2. The van der Waals surface area contributed by atoms with Crippen LogP contribution in [0.2, 0.25) is 5.28 Å². The average Bonchev–Trinajstić information content (AvgIpc) is 3.68. The van der Waals surface area contributed by atoms with Gasteiger partial charge in [0.15, 0.2) is 17.0 Å². The van der Waals surface area contributed by atoms with E-state index in [1.54, 1.807) is 12.1 Å². The number of aliphatic hydroxyl groups excluding tert-OH is 2. The molecule has 0 unspecified atom stereocenters. The Bertz CT molecular complexity index is 1320. The number of fused-ring (bicyclic) bond motifs is 1. The second-order valence-electron chi connectivity index (χ2n) is 9.73. The summed E-state index contributed by atoms with van der Waals surface area (Å²) in [6.07, 6.45) is -1.20. The first kappa shape index (κ1) is 28.3. The SMILES string of the molecule is COC[C@@](Cc1nn[nH]n1)(OC[C@H]1O[C@@H](c2ccc3c(NC4CCCC4)nc(Cl)nn23)[C@H](O)[C@@H]1O)P(=O)(O)O. The van der Waals surface area contributed by atoms with E-state index in [1.165, 1.54) is 11.6 Å². The largest absolute Gasteiger partial charge is 0.387 e. The third-order valence-corrected chi connectivity index (χ3v) is 8.74. The van der Waals surface area contributed by atoms with Crippen molar-refractivity contribution in [2.24, 2.45) is 0 Å². The van der Waals surface area contributed by atoms with Gasteiger partial charge in [-0.2, -0.15) is 10.2 Å². The highest BCUT2D eigenvalue weighted by Crippen LogP contribution is 2.53. The number of hydrogen-bond donors (Lipinski definition) is 6. The summed E-state index contributed by atoms with van der Waals surface area (Å²) in [5.74, 6) is 0.535. The van der Waals surface area contributed by atoms with Crippen molar-refractivity contribution in [3.05, 3.63) is 28.9 Å². The van der Waals surface area contributed by atoms with Gasteiger partial charge in [-0.3, -0.25) is 4.57 Å². The van der Waals surface area contributed by atoms with E-state index in [4.69, 9.17) is 25.8 Å². The second kappa shape index (κ2) is 11.3. The highest BCUT2D eigenvalue weighted by atomic mass is 35.5. The van der Waals surface area contributed by atoms with E-state index in [-0.39, 0.29) is 17.1 Å². The van der Waals surface area contributed by atoms with Crippen molar-refractivity contribution in [3.63, 3.8) is 0 Å². The molecule has 39 heavy (non-hydrogen) atoms. The molecule has 18 heteroatoms. The topological polar surface area (TPSA) is 222 Å². The Labute approximate surface area is 227 Å². The second-order valence-corrected chi connectivity index (χ2v) is 12.0. The minimum Gasteiger partial charge on any atom is -0.387 e. The lowest BCUT2D eigenvalue weighted by Gasteiger charge is -2.33. The minimum atomic E-state index is -4.99. The molecule has 0 bridgehead atoms. The van der Waals surface area contributed by atoms with Crippen molar-refractivity contribution in [1.82, 2.24) is 35.2 Å². The van der Waals surface area contributed by atoms with Crippen LogP contribution >= 0.6 is 19.2 Å². The van der Waals surface area contributed by atoms with Gasteiger partial charge in [0, 0.05) is 13.2 Å². The maximum absolute atomic E-state index is 12.5. The summed E-state index contributed by atoms with van der Waals surface area (Å²) in [6.45, 7) is -1.01. The first-order chi connectivity index (χ1) is 18.6. The summed E-state index contributed by atoms with van der Waals surface area (Å²) < 4.78 is 30.7. The van der Waals surface area contributed by atoms with Crippen LogP contribution < -0.4 is 5.32 Å². The average molecular weight is 589 g/mol. The first-order valence-electron chi connectivity index (χ1n) is 12.4. The predicted molar refractivity (Wildman–Crippen MR) is 134 cm³/mol. The molecule has 1 aliphatic carbocycles. The highest BCUT2D eigenvalue weighted by molar-refractivity contribution is 7.53. The number of halogens is 1. The fraction of sp³-hybridized carbons (Fsp3) is 0.667. The van der Waals surface area contributed by atoms with E-state index in [9.17, 15) is 24.6 Å². The Hall–Kier alpha value is -2.27. The van der Waals surface area contributed by atoms with Gasteiger partial charge in [0.1, 0.15) is 29.9 Å². The third-order valence-electron chi connectivity index (χ3n) is 7.10. The van der Waals surface area contributed by atoms with Crippen LogP contribution in [0.3, 0.4) is 0 Å². The fourth-order valence-corrected chi connectivity index (χ4v) is 6.14. The number of rotatable bonds is 11. The molecule has 5 rings (SSSR count). The zero-order chi connectivity index (χ0) is 27.8. The number of methoxy groups -OCH3 is 1. The Morgan fingerprint density at radius 3 is 2.72 bits per heavy atom. The van der Waals surface area contributed by atoms with Gasteiger partial charge < -0.3 is 39.5 Å². The fourth-order valence-electron chi connectivity index (χ4n) is 5.09. The van der Waals surface area contributed by atoms with E-state index in [0.29, 0.717) is 17.0 Å². The lowest BCUT2D eigenvalue weighted by Crippen LogP contribution is -2.44. The molecule has 214 valence electrons. The van der Waals surface area contributed by atoms with E-state index in [2.05, 4.69) is 36.0 Å². The maximum Gasteiger partial charge on any atom is 0.359 e. The Kier molecular flexibility index (Phi) is 8.20. The molecule has 3 aromatic rings. The summed E-state index contributed by atoms with van der Waals surface area (Å²) in [4.78, 5) is 24.6. The molecule has 0 radical (unpaired) electrons. The van der Waals surface area contributed by atoms with Crippen LogP contribution in [-0.4, -0.2) is 105 Å². The molecule has 16 nitrogen and oxygen atoms in total. The lowest BCUT2D eigenvalue weighted by molar-refractivity contribution is -0.105. The number of hydrogen-bond acceptors (Lipinski definition) is 12. The van der Waals surface area contributed by atoms with Gasteiger partial charge in [-0.25, -0.2) is 4.52 Å². The molecule has 0 amide bonds. The molecule has 6 N–H and O–H groups in total. The standard InChI is InChI=1S/C21H30ClN8O8P/c1-36-10-21(39(33,34)35,8-15-25-28-29-26-15)37-9-14-16(31)17(32)18(38-14)12-6-7-13-19(23-11-4-2-3-5-11)24-20(22)27-30(12)13/h6-7,11,14,16-18,31-32H,2-5,8-10H2,1H3,(H,23,24,27)(H2,33,34,35)(H,25,26,28,29)/t14-,16-,17-,18+,21+/m1/s1. The van der Waals surface area contributed by atoms with Crippen molar-refractivity contribution < 1.29 is 38.8 Å².